The fourth-order valence-electron chi connectivity index (χ4n) is 5.62. The van der Waals surface area contributed by atoms with Gasteiger partial charge in [0.2, 0.25) is 5.91 Å². The van der Waals surface area contributed by atoms with Gasteiger partial charge < -0.3 is 10.1 Å². The molecule has 0 unspecified atom stereocenters. The number of benzene rings is 1. The maximum atomic E-state index is 12.8. The SMILES string of the molecule is O=C(N[C@H](c1ccccn1)[C@@H]1CCCN(Cc2cccc(OC3CCCC3)c2)C1)C1CCC1. The lowest BCUT2D eigenvalue weighted by atomic mass is 9.83. The van der Waals surface area contributed by atoms with Gasteiger partial charge in [-0.2, -0.15) is 0 Å². The van der Waals surface area contributed by atoms with Crippen LogP contribution in [-0.2, 0) is 11.3 Å². The molecular formula is C28H37N3O2. The van der Waals surface area contributed by atoms with Crippen molar-refractivity contribution in [2.75, 3.05) is 13.1 Å². The van der Waals surface area contributed by atoms with Gasteiger partial charge in [0.1, 0.15) is 5.75 Å². The van der Waals surface area contributed by atoms with Crippen molar-refractivity contribution in [3.8, 4) is 5.75 Å². The average molecular weight is 448 g/mol. The second-order valence-corrected chi connectivity index (χ2v) is 10.2. The Morgan fingerprint density at radius 2 is 1.91 bits per heavy atom. The Morgan fingerprint density at radius 1 is 1.03 bits per heavy atom. The van der Waals surface area contributed by atoms with Crippen LogP contribution in [0.5, 0.6) is 5.75 Å². The lowest BCUT2D eigenvalue weighted by molar-refractivity contribution is -0.128. The third-order valence-electron chi connectivity index (χ3n) is 7.70. The number of pyridine rings is 1. The van der Waals surface area contributed by atoms with Gasteiger partial charge in [-0.15, -0.1) is 0 Å². The van der Waals surface area contributed by atoms with Crippen LogP contribution in [0.25, 0.3) is 0 Å². The normalized spacial score (nSPS) is 23.1. The summed E-state index contributed by atoms with van der Waals surface area (Å²) in [4.78, 5) is 20.0. The van der Waals surface area contributed by atoms with E-state index in [-0.39, 0.29) is 17.9 Å². The van der Waals surface area contributed by atoms with Gasteiger partial charge in [-0.25, -0.2) is 0 Å². The van der Waals surface area contributed by atoms with E-state index in [1.54, 1.807) is 0 Å². The summed E-state index contributed by atoms with van der Waals surface area (Å²) in [6.07, 6.45) is 12.6. The number of aromatic nitrogens is 1. The first-order chi connectivity index (χ1) is 16.2. The molecule has 1 N–H and O–H groups in total. The molecule has 2 aromatic rings. The molecule has 2 saturated carbocycles. The highest BCUT2D eigenvalue weighted by atomic mass is 16.5. The number of rotatable bonds is 8. The molecule has 5 rings (SSSR count). The quantitative estimate of drug-likeness (QED) is 0.599. The predicted molar refractivity (Wildman–Crippen MR) is 130 cm³/mol. The summed E-state index contributed by atoms with van der Waals surface area (Å²) in [5, 5.41) is 3.39. The zero-order valence-electron chi connectivity index (χ0n) is 19.6. The van der Waals surface area contributed by atoms with Crippen LogP contribution in [0.3, 0.4) is 0 Å². The number of nitrogens with zero attached hydrogens (tertiary/aromatic N) is 2. The number of piperidine rings is 1. The van der Waals surface area contributed by atoms with Crippen LogP contribution in [0.4, 0.5) is 0 Å². The van der Waals surface area contributed by atoms with Crippen molar-refractivity contribution < 1.29 is 9.53 Å². The van der Waals surface area contributed by atoms with Gasteiger partial charge in [-0.1, -0.05) is 24.6 Å². The van der Waals surface area contributed by atoms with E-state index in [2.05, 4.69) is 45.5 Å². The largest absolute Gasteiger partial charge is 0.490 e. The minimum absolute atomic E-state index is 0.0147. The van der Waals surface area contributed by atoms with Crippen molar-refractivity contribution in [1.29, 1.82) is 0 Å². The Labute approximate surface area is 197 Å². The van der Waals surface area contributed by atoms with E-state index in [4.69, 9.17) is 4.74 Å². The minimum atomic E-state index is -0.0147. The van der Waals surface area contributed by atoms with E-state index in [1.165, 1.54) is 37.7 Å². The van der Waals surface area contributed by atoms with Gasteiger partial charge in [0.05, 0.1) is 17.8 Å². The summed E-state index contributed by atoms with van der Waals surface area (Å²) in [5.41, 5.74) is 2.29. The summed E-state index contributed by atoms with van der Waals surface area (Å²) >= 11 is 0. The Balaban J connectivity index is 1.25. The second kappa shape index (κ2) is 10.7. The molecule has 1 amide bonds. The molecule has 3 fully saturated rings. The molecule has 176 valence electrons. The molecule has 5 nitrogen and oxygen atoms in total. The minimum Gasteiger partial charge on any atom is -0.490 e. The first kappa shape index (κ1) is 22.4. The molecule has 5 heteroatoms. The Kier molecular flexibility index (Phi) is 7.25. The number of hydrogen-bond acceptors (Lipinski definition) is 4. The van der Waals surface area contributed by atoms with Crippen molar-refractivity contribution >= 4 is 5.91 Å². The number of nitrogens with one attached hydrogen (secondary N) is 1. The fourth-order valence-corrected chi connectivity index (χ4v) is 5.62. The van der Waals surface area contributed by atoms with Gasteiger partial charge >= 0.3 is 0 Å². The van der Waals surface area contributed by atoms with Crippen molar-refractivity contribution in [3.05, 3.63) is 59.9 Å². The fraction of sp³-hybridized carbons (Fsp3) is 0.571. The molecule has 3 aliphatic rings. The van der Waals surface area contributed by atoms with E-state index in [0.717, 1.165) is 56.8 Å². The van der Waals surface area contributed by atoms with Crippen LogP contribution in [0.15, 0.2) is 48.7 Å². The highest BCUT2D eigenvalue weighted by Crippen LogP contribution is 2.33. The van der Waals surface area contributed by atoms with Gasteiger partial charge in [0.25, 0.3) is 0 Å². The van der Waals surface area contributed by atoms with Crippen LogP contribution in [-0.4, -0.2) is 35.0 Å². The monoisotopic (exact) mass is 447 g/mol. The summed E-state index contributed by atoms with van der Waals surface area (Å²) < 4.78 is 6.23. The standard InChI is InChI=1S/C28H37N3O2/c32-28(22-9-6-10-22)30-27(26-15-3-4-16-29-26)23-11-7-17-31(20-23)19-21-8-5-14-25(18-21)33-24-12-1-2-13-24/h3-5,8,14-16,18,22-24,27H,1-2,6-7,9-13,17,19-20H2,(H,30,32)/t23-,27+/m1/s1. The molecule has 1 saturated heterocycles. The van der Waals surface area contributed by atoms with E-state index < -0.39 is 0 Å². The van der Waals surface area contributed by atoms with E-state index in [9.17, 15) is 4.79 Å². The highest BCUT2D eigenvalue weighted by molar-refractivity contribution is 5.79. The van der Waals surface area contributed by atoms with Gasteiger partial charge in [-0.3, -0.25) is 14.7 Å². The lowest BCUT2D eigenvalue weighted by Crippen LogP contribution is -2.45. The number of ether oxygens (including phenoxy) is 1. The summed E-state index contributed by atoms with van der Waals surface area (Å²) in [5.74, 6) is 1.78. The number of carbonyl (C=O) groups is 1. The highest BCUT2D eigenvalue weighted by Gasteiger charge is 2.33. The zero-order chi connectivity index (χ0) is 22.5. The van der Waals surface area contributed by atoms with Crippen LogP contribution < -0.4 is 10.1 Å². The topological polar surface area (TPSA) is 54.5 Å². The molecule has 0 radical (unpaired) electrons. The third kappa shape index (κ3) is 5.75. The van der Waals surface area contributed by atoms with E-state index >= 15 is 0 Å². The molecule has 2 atom stereocenters. The summed E-state index contributed by atoms with van der Waals surface area (Å²) in [6, 6.07) is 14.7. The molecule has 2 heterocycles. The van der Waals surface area contributed by atoms with Crippen LogP contribution in [0, 0.1) is 11.8 Å². The molecule has 2 aliphatic carbocycles. The van der Waals surface area contributed by atoms with E-state index in [1.807, 2.05) is 18.3 Å². The van der Waals surface area contributed by atoms with Gasteiger partial charge in [0.15, 0.2) is 0 Å². The number of hydrogen-bond donors (Lipinski definition) is 1. The molecule has 1 aromatic carbocycles. The van der Waals surface area contributed by atoms with E-state index in [0.29, 0.717) is 12.0 Å². The third-order valence-corrected chi connectivity index (χ3v) is 7.70. The van der Waals surface area contributed by atoms with Gasteiger partial charge in [0, 0.05) is 25.2 Å². The van der Waals surface area contributed by atoms with Crippen LogP contribution in [0.1, 0.15) is 75.1 Å². The molecular weight excluding hydrogens is 410 g/mol. The smallest absolute Gasteiger partial charge is 0.223 e. The Hall–Kier alpha value is -2.40. The molecule has 0 bridgehead atoms. The summed E-state index contributed by atoms with van der Waals surface area (Å²) in [6.45, 7) is 2.99. The van der Waals surface area contributed by atoms with Crippen molar-refractivity contribution in [3.63, 3.8) is 0 Å². The maximum absolute atomic E-state index is 12.8. The molecule has 33 heavy (non-hydrogen) atoms. The number of carbonyl (C=O) groups excluding carboxylic acids is 1. The number of amides is 1. The van der Waals surface area contributed by atoms with Crippen LogP contribution >= 0.6 is 0 Å². The maximum Gasteiger partial charge on any atom is 0.223 e. The lowest BCUT2D eigenvalue weighted by Gasteiger charge is -2.38. The second-order valence-electron chi connectivity index (χ2n) is 10.2. The van der Waals surface area contributed by atoms with Gasteiger partial charge in [-0.05, 0) is 93.7 Å². The Morgan fingerprint density at radius 3 is 2.67 bits per heavy atom. The van der Waals surface area contributed by atoms with Crippen LogP contribution in [0.2, 0.25) is 0 Å². The first-order valence-electron chi connectivity index (χ1n) is 12.9. The molecule has 1 aliphatic heterocycles. The first-order valence-corrected chi connectivity index (χ1v) is 12.9. The zero-order valence-corrected chi connectivity index (χ0v) is 19.6. The van der Waals surface area contributed by atoms with Crippen molar-refractivity contribution in [1.82, 2.24) is 15.2 Å². The Bertz CT molecular complexity index is 908. The number of likely N-dealkylation sites (tertiary alicyclic amines) is 1. The summed E-state index contributed by atoms with van der Waals surface area (Å²) in [7, 11) is 0. The van der Waals surface area contributed by atoms with Crippen molar-refractivity contribution in [2.45, 2.75) is 76.5 Å². The predicted octanol–water partition coefficient (Wildman–Crippen LogP) is 5.27. The average Bonchev–Trinajstić information content (AvgIpc) is 3.30. The molecule has 0 spiro atoms. The molecule has 1 aromatic heterocycles. The van der Waals surface area contributed by atoms with Crippen molar-refractivity contribution in [2.24, 2.45) is 11.8 Å².